The molecule has 5 heteroatoms. The van der Waals surface area contributed by atoms with Gasteiger partial charge in [-0.15, -0.1) is 0 Å². The zero-order valence-corrected chi connectivity index (χ0v) is 12.9. The van der Waals surface area contributed by atoms with Crippen LogP contribution in [-0.4, -0.2) is 42.5 Å². The van der Waals surface area contributed by atoms with Crippen molar-refractivity contribution in [3.05, 3.63) is 29.3 Å². The highest BCUT2D eigenvalue weighted by Crippen LogP contribution is 2.29. The molecule has 1 N–H and O–H groups in total. The average Bonchev–Trinajstić information content (AvgIpc) is 2.88. The summed E-state index contributed by atoms with van der Waals surface area (Å²) in [6.07, 6.45) is 3.70. The van der Waals surface area contributed by atoms with Crippen LogP contribution in [0.1, 0.15) is 42.1 Å². The van der Waals surface area contributed by atoms with Crippen molar-refractivity contribution in [1.29, 1.82) is 0 Å². The molecular weight excluding hydrogens is 280 g/mol. The SMILES string of the molecule is CC1Cc2cc(C(=O)NCCN3CCCCC3=O)ccc2O1. The molecule has 0 aliphatic carbocycles. The van der Waals surface area contributed by atoms with Crippen molar-refractivity contribution in [3.63, 3.8) is 0 Å². The molecule has 2 aliphatic heterocycles. The van der Waals surface area contributed by atoms with Crippen LogP contribution in [0.25, 0.3) is 0 Å². The zero-order valence-electron chi connectivity index (χ0n) is 12.9. The van der Waals surface area contributed by atoms with E-state index in [1.54, 1.807) is 6.07 Å². The number of hydrogen-bond donors (Lipinski definition) is 1. The Labute approximate surface area is 130 Å². The van der Waals surface area contributed by atoms with Crippen molar-refractivity contribution in [1.82, 2.24) is 10.2 Å². The molecule has 2 aliphatic rings. The summed E-state index contributed by atoms with van der Waals surface area (Å²) in [5.41, 5.74) is 1.74. The highest BCUT2D eigenvalue weighted by atomic mass is 16.5. The lowest BCUT2D eigenvalue weighted by atomic mass is 10.1. The van der Waals surface area contributed by atoms with E-state index in [4.69, 9.17) is 4.74 Å². The van der Waals surface area contributed by atoms with Gasteiger partial charge in [0.25, 0.3) is 5.91 Å². The lowest BCUT2D eigenvalue weighted by Crippen LogP contribution is -2.41. The summed E-state index contributed by atoms with van der Waals surface area (Å²) in [5, 5.41) is 2.90. The van der Waals surface area contributed by atoms with Gasteiger partial charge in [-0.2, -0.15) is 0 Å². The van der Waals surface area contributed by atoms with Crippen LogP contribution in [0.5, 0.6) is 5.75 Å². The fraction of sp³-hybridized carbons (Fsp3) is 0.529. The number of carbonyl (C=O) groups excluding carboxylic acids is 2. The molecule has 3 rings (SSSR count). The first kappa shape index (κ1) is 14.9. The first-order valence-electron chi connectivity index (χ1n) is 7.99. The maximum atomic E-state index is 12.2. The summed E-state index contributed by atoms with van der Waals surface area (Å²) in [7, 11) is 0. The number of carbonyl (C=O) groups is 2. The first-order valence-corrected chi connectivity index (χ1v) is 7.99. The Morgan fingerprint density at radius 2 is 2.27 bits per heavy atom. The van der Waals surface area contributed by atoms with Gasteiger partial charge in [0.2, 0.25) is 5.91 Å². The molecule has 0 bridgehead atoms. The minimum absolute atomic E-state index is 0.0909. The first-order chi connectivity index (χ1) is 10.6. The fourth-order valence-electron chi connectivity index (χ4n) is 3.07. The second kappa shape index (κ2) is 6.38. The highest BCUT2D eigenvalue weighted by molar-refractivity contribution is 5.94. The standard InChI is InChI=1S/C17H22N2O3/c1-12-10-14-11-13(5-6-15(14)22-12)17(21)18-7-9-19-8-3-2-4-16(19)20/h5-6,11-12H,2-4,7-10H2,1H3,(H,18,21). The Bertz CT molecular complexity index is 585. The molecule has 1 aromatic rings. The third-order valence-corrected chi connectivity index (χ3v) is 4.25. The summed E-state index contributed by atoms with van der Waals surface area (Å²) in [6, 6.07) is 5.56. The maximum Gasteiger partial charge on any atom is 0.251 e. The van der Waals surface area contributed by atoms with Crippen LogP contribution < -0.4 is 10.1 Å². The molecule has 0 spiro atoms. The van der Waals surface area contributed by atoms with Crippen molar-refractivity contribution in [3.8, 4) is 5.75 Å². The summed E-state index contributed by atoms with van der Waals surface area (Å²) in [4.78, 5) is 25.7. The molecule has 1 aromatic carbocycles. The summed E-state index contributed by atoms with van der Waals surface area (Å²) >= 11 is 0. The van der Waals surface area contributed by atoms with E-state index in [0.717, 1.165) is 37.1 Å². The van der Waals surface area contributed by atoms with Crippen LogP contribution in [0.3, 0.4) is 0 Å². The molecule has 1 unspecified atom stereocenters. The topological polar surface area (TPSA) is 58.6 Å². The molecule has 1 atom stereocenters. The van der Waals surface area contributed by atoms with Gasteiger partial charge in [-0.3, -0.25) is 9.59 Å². The van der Waals surface area contributed by atoms with Gasteiger partial charge >= 0.3 is 0 Å². The van der Waals surface area contributed by atoms with E-state index < -0.39 is 0 Å². The van der Waals surface area contributed by atoms with Gasteiger partial charge in [-0.25, -0.2) is 0 Å². The molecular formula is C17H22N2O3. The summed E-state index contributed by atoms with van der Waals surface area (Å²) < 4.78 is 5.64. The van der Waals surface area contributed by atoms with Crippen molar-refractivity contribution in [2.75, 3.05) is 19.6 Å². The Morgan fingerprint density at radius 3 is 3.09 bits per heavy atom. The highest BCUT2D eigenvalue weighted by Gasteiger charge is 2.21. The van der Waals surface area contributed by atoms with Crippen LogP contribution in [0.2, 0.25) is 0 Å². The van der Waals surface area contributed by atoms with Crippen LogP contribution in [0, 0.1) is 0 Å². The van der Waals surface area contributed by atoms with Crippen molar-refractivity contribution < 1.29 is 14.3 Å². The third-order valence-electron chi connectivity index (χ3n) is 4.25. The van der Waals surface area contributed by atoms with Gasteiger partial charge in [-0.1, -0.05) is 0 Å². The molecule has 22 heavy (non-hydrogen) atoms. The monoisotopic (exact) mass is 302 g/mol. The molecule has 5 nitrogen and oxygen atoms in total. The second-order valence-electron chi connectivity index (χ2n) is 6.05. The summed E-state index contributed by atoms with van der Waals surface area (Å²) in [6.45, 7) is 3.92. The van der Waals surface area contributed by atoms with Crippen LogP contribution in [-0.2, 0) is 11.2 Å². The number of benzene rings is 1. The number of piperidine rings is 1. The van der Waals surface area contributed by atoms with Gasteiger partial charge < -0.3 is 15.0 Å². The largest absolute Gasteiger partial charge is 0.490 e. The molecule has 1 fully saturated rings. The number of nitrogens with one attached hydrogen (secondary N) is 1. The van der Waals surface area contributed by atoms with E-state index >= 15 is 0 Å². The minimum atomic E-state index is -0.0909. The summed E-state index contributed by atoms with van der Waals surface area (Å²) in [5.74, 6) is 0.985. The number of nitrogens with zero attached hydrogens (tertiary/aromatic N) is 1. The minimum Gasteiger partial charge on any atom is -0.490 e. The number of likely N-dealkylation sites (tertiary alicyclic amines) is 1. The fourth-order valence-corrected chi connectivity index (χ4v) is 3.07. The Balaban J connectivity index is 1.52. The van der Waals surface area contributed by atoms with Crippen molar-refractivity contribution in [2.24, 2.45) is 0 Å². The number of hydrogen-bond acceptors (Lipinski definition) is 3. The van der Waals surface area contributed by atoms with E-state index in [0.29, 0.717) is 25.1 Å². The predicted octanol–water partition coefficient (Wildman–Crippen LogP) is 1.75. The second-order valence-corrected chi connectivity index (χ2v) is 6.05. The van der Waals surface area contributed by atoms with E-state index in [9.17, 15) is 9.59 Å². The number of rotatable bonds is 4. The normalized spacial score (nSPS) is 20.5. The molecule has 1 saturated heterocycles. The van der Waals surface area contributed by atoms with Crippen LogP contribution >= 0.6 is 0 Å². The number of ether oxygens (including phenoxy) is 1. The van der Waals surface area contributed by atoms with E-state index in [-0.39, 0.29) is 17.9 Å². The van der Waals surface area contributed by atoms with Crippen LogP contribution in [0.15, 0.2) is 18.2 Å². The van der Waals surface area contributed by atoms with Crippen molar-refractivity contribution >= 4 is 11.8 Å². The quantitative estimate of drug-likeness (QED) is 0.922. The average molecular weight is 302 g/mol. The lowest BCUT2D eigenvalue weighted by Gasteiger charge is -2.26. The van der Waals surface area contributed by atoms with Gasteiger partial charge in [-0.05, 0) is 43.5 Å². The van der Waals surface area contributed by atoms with Gasteiger partial charge in [0.05, 0.1) is 0 Å². The number of fused-ring (bicyclic) bond motifs is 1. The van der Waals surface area contributed by atoms with E-state index in [1.807, 2.05) is 24.0 Å². The Morgan fingerprint density at radius 1 is 1.41 bits per heavy atom. The zero-order chi connectivity index (χ0) is 15.5. The van der Waals surface area contributed by atoms with Crippen molar-refractivity contribution in [2.45, 2.75) is 38.7 Å². The molecule has 2 amide bonds. The lowest BCUT2D eigenvalue weighted by molar-refractivity contribution is -0.133. The Hall–Kier alpha value is -2.04. The smallest absolute Gasteiger partial charge is 0.251 e. The van der Waals surface area contributed by atoms with Gasteiger partial charge in [0.1, 0.15) is 11.9 Å². The Kier molecular flexibility index (Phi) is 4.32. The molecule has 118 valence electrons. The maximum absolute atomic E-state index is 12.2. The van der Waals surface area contributed by atoms with E-state index in [1.165, 1.54) is 0 Å². The molecule has 0 saturated carbocycles. The number of amides is 2. The van der Waals surface area contributed by atoms with E-state index in [2.05, 4.69) is 5.32 Å². The van der Waals surface area contributed by atoms with Gasteiger partial charge in [0.15, 0.2) is 0 Å². The molecule has 0 aromatic heterocycles. The van der Waals surface area contributed by atoms with Crippen LogP contribution in [0.4, 0.5) is 0 Å². The van der Waals surface area contributed by atoms with Gasteiger partial charge in [0, 0.05) is 38.0 Å². The predicted molar refractivity (Wildman–Crippen MR) is 83.0 cm³/mol. The molecule has 2 heterocycles. The third kappa shape index (κ3) is 3.24. The molecule has 0 radical (unpaired) electrons.